The van der Waals surface area contributed by atoms with Crippen LogP contribution in [0, 0.1) is 26.7 Å². The third-order valence-electron chi connectivity index (χ3n) is 4.07. The number of amides is 2. The zero-order valence-electron chi connectivity index (χ0n) is 13.6. The van der Waals surface area contributed by atoms with Gasteiger partial charge in [-0.15, -0.1) is 0 Å². The number of benzene rings is 1. The Morgan fingerprint density at radius 3 is 2.32 bits per heavy atom. The van der Waals surface area contributed by atoms with Crippen molar-refractivity contribution in [3.63, 3.8) is 0 Å². The maximum atomic E-state index is 12.1. The van der Waals surface area contributed by atoms with Gasteiger partial charge in [0.25, 0.3) is 0 Å². The van der Waals surface area contributed by atoms with Crippen LogP contribution < -0.4 is 16.0 Å². The number of piperidine rings is 1. The van der Waals surface area contributed by atoms with Crippen LogP contribution in [0.25, 0.3) is 0 Å². The van der Waals surface area contributed by atoms with Gasteiger partial charge in [0.2, 0.25) is 11.8 Å². The van der Waals surface area contributed by atoms with Crippen molar-refractivity contribution in [2.45, 2.75) is 33.6 Å². The molecule has 1 heterocycles. The number of hydrogen-bond acceptors (Lipinski definition) is 3. The van der Waals surface area contributed by atoms with Gasteiger partial charge in [-0.25, -0.2) is 0 Å². The van der Waals surface area contributed by atoms with Crippen LogP contribution >= 0.6 is 0 Å². The Kier molecular flexibility index (Phi) is 5.55. The van der Waals surface area contributed by atoms with E-state index >= 15 is 0 Å². The Balaban J connectivity index is 1.87. The summed E-state index contributed by atoms with van der Waals surface area (Å²) in [5.74, 6) is -0.178. The van der Waals surface area contributed by atoms with Gasteiger partial charge in [0.1, 0.15) is 0 Å². The first-order chi connectivity index (χ1) is 10.5. The molecule has 1 saturated heterocycles. The van der Waals surface area contributed by atoms with Crippen LogP contribution in [0.15, 0.2) is 12.1 Å². The molecule has 0 aliphatic carbocycles. The second-order valence-corrected chi connectivity index (χ2v) is 6.06. The fraction of sp³-hybridized carbons (Fsp3) is 0.529. The van der Waals surface area contributed by atoms with E-state index in [2.05, 4.69) is 16.0 Å². The fourth-order valence-corrected chi connectivity index (χ4v) is 2.96. The number of hydrogen-bond donors (Lipinski definition) is 3. The van der Waals surface area contributed by atoms with Crippen molar-refractivity contribution in [2.24, 2.45) is 5.92 Å². The molecule has 0 unspecified atom stereocenters. The van der Waals surface area contributed by atoms with Gasteiger partial charge in [-0.05, 0) is 57.8 Å². The van der Waals surface area contributed by atoms with Crippen LogP contribution in [0.1, 0.15) is 29.5 Å². The van der Waals surface area contributed by atoms with E-state index in [9.17, 15) is 9.59 Å². The van der Waals surface area contributed by atoms with Gasteiger partial charge in [0.05, 0.1) is 6.54 Å². The van der Waals surface area contributed by atoms with E-state index in [1.54, 1.807) is 0 Å². The SMILES string of the molecule is Cc1cc(C)c(NC(=O)CNC(=O)C2CCNCC2)c(C)c1. The van der Waals surface area contributed by atoms with E-state index in [4.69, 9.17) is 0 Å². The molecule has 0 atom stereocenters. The molecule has 1 aromatic carbocycles. The Bertz CT molecular complexity index is 540. The highest BCUT2D eigenvalue weighted by Crippen LogP contribution is 2.21. The van der Waals surface area contributed by atoms with Gasteiger partial charge in [-0.1, -0.05) is 17.7 Å². The minimum Gasteiger partial charge on any atom is -0.347 e. The van der Waals surface area contributed by atoms with Crippen molar-refractivity contribution in [3.8, 4) is 0 Å². The summed E-state index contributed by atoms with van der Waals surface area (Å²) in [5, 5.41) is 8.87. The highest BCUT2D eigenvalue weighted by molar-refractivity contribution is 5.96. The van der Waals surface area contributed by atoms with E-state index in [-0.39, 0.29) is 24.3 Å². The maximum Gasteiger partial charge on any atom is 0.243 e. The van der Waals surface area contributed by atoms with Crippen LogP contribution in [-0.2, 0) is 9.59 Å². The lowest BCUT2D eigenvalue weighted by atomic mass is 9.97. The zero-order valence-corrected chi connectivity index (χ0v) is 13.6. The lowest BCUT2D eigenvalue weighted by molar-refractivity contribution is -0.127. The van der Waals surface area contributed by atoms with Gasteiger partial charge in [0, 0.05) is 11.6 Å². The lowest BCUT2D eigenvalue weighted by Gasteiger charge is -2.21. The molecule has 0 radical (unpaired) electrons. The van der Waals surface area contributed by atoms with Crippen molar-refractivity contribution in [1.82, 2.24) is 10.6 Å². The second-order valence-electron chi connectivity index (χ2n) is 6.06. The molecule has 0 saturated carbocycles. The van der Waals surface area contributed by atoms with Crippen LogP contribution in [0.2, 0.25) is 0 Å². The Morgan fingerprint density at radius 1 is 1.14 bits per heavy atom. The molecule has 5 heteroatoms. The van der Waals surface area contributed by atoms with Gasteiger partial charge >= 0.3 is 0 Å². The van der Waals surface area contributed by atoms with E-state index < -0.39 is 0 Å². The number of aryl methyl sites for hydroxylation is 3. The summed E-state index contributed by atoms with van der Waals surface area (Å²) in [7, 11) is 0. The van der Waals surface area contributed by atoms with E-state index in [0.29, 0.717) is 0 Å². The summed E-state index contributed by atoms with van der Waals surface area (Å²) in [6, 6.07) is 4.08. The van der Waals surface area contributed by atoms with Crippen molar-refractivity contribution >= 4 is 17.5 Å². The predicted octanol–water partition coefficient (Wildman–Crippen LogP) is 1.67. The first-order valence-electron chi connectivity index (χ1n) is 7.83. The molecule has 0 aromatic heterocycles. The van der Waals surface area contributed by atoms with Gasteiger partial charge in [-0.3, -0.25) is 9.59 Å². The summed E-state index contributed by atoms with van der Waals surface area (Å²) in [5.41, 5.74) is 4.09. The maximum absolute atomic E-state index is 12.1. The molecule has 1 aliphatic heterocycles. The molecule has 2 amide bonds. The van der Waals surface area contributed by atoms with E-state index in [0.717, 1.165) is 42.7 Å². The molecular formula is C17H25N3O2. The fourth-order valence-electron chi connectivity index (χ4n) is 2.96. The molecule has 1 aromatic rings. The number of carbonyl (C=O) groups excluding carboxylic acids is 2. The molecule has 120 valence electrons. The molecule has 1 fully saturated rings. The molecule has 2 rings (SSSR count). The standard InChI is InChI=1S/C17H25N3O2/c1-11-8-12(2)16(13(3)9-11)20-15(21)10-19-17(22)14-4-6-18-7-5-14/h8-9,14,18H,4-7,10H2,1-3H3,(H,19,22)(H,20,21). The number of anilines is 1. The molecule has 22 heavy (non-hydrogen) atoms. The highest BCUT2D eigenvalue weighted by atomic mass is 16.2. The largest absolute Gasteiger partial charge is 0.347 e. The molecular weight excluding hydrogens is 278 g/mol. The zero-order chi connectivity index (χ0) is 16.1. The lowest BCUT2D eigenvalue weighted by Crippen LogP contribution is -2.41. The van der Waals surface area contributed by atoms with Gasteiger partial charge in [0.15, 0.2) is 0 Å². The van der Waals surface area contributed by atoms with Crippen LogP contribution in [0.3, 0.4) is 0 Å². The van der Waals surface area contributed by atoms with Crippen molar-refractivity contribution in [3.05, 3.63) is 28.8 Å². The smallest absolute Gasteiger partial charge is 0.243 e. The Labute approximate surface area is 131 Å². The van der Waals surface area contributed by atoms with E-state index in [1.807, 2.05) is 32.9 Å². The first kappa shape index (κ1) is 16.5. The monoisotopic (exact) mass is 303 g/mol. The molecule has 0 spiro atoms. The average molecular weight is 303 g/mol. The minimum absolute atomic E-state index is 0.0194. The Morgan fingerprint density at radius 2 is 1.73 bits per heavy atom. The van der Waals surface area contributed by atoms with E-state index in [1.165, 1.54) is 5.56 Å². The van der Waals surface area contributed by atoms with Crippen LogP contribution in [-0.4, -0.2) is 31.4 Å². The molecule has 3 N–H and O–H groups in total. The van der Waals surface area contributed by atoms with Crippen LogP contribution in [0.4, 0.5) is 5.69 Å². The van der Waals surface area contributed by atoms with Crippen molar-refractivity contribution < 1.29 is 9.59 Å². The predicted molar refractivity (Wildman–Crippen MR) is 87.9 cm³/mol. The summed E-state index contributed by atoms with van der Waals surface area (Å²) in [6.45, 7) is 7.74. The number of carbonyl (C=O) groups is 2. The Hall–Kier alpha value is -1.88. The summed E-state index contributed by atoms with van der Waals surface area (Å²) in [4.78, 5) is 24.1. The van der Waals surface area contributed by atoms with Gasteiger partial charge < -0.3 is 16.0 Å². The summed E-state index contributed by atoms with van der Waals surface area (Å²) < 4.78 is 0. The number of nitrogens with one attached hydrogen (secondary N) is 3. The highest BCUT2D eigenvalue weighted by Gasteiger charge is 2.21. The molecule has 1 aliphatic rings. The van der Waals surface area contributed by atoms with Gasteiger partial charge in [-0.2, -0.15) is 0 Å². The quantitative estimate of drug-likeness (QED) is 0.792. The first-order valence-corrected chi connectivity index (χ1v) is 7.83. The third-order valence-corrected chi connectivity index (χ3v) is 4.07. The minimum atomic E-state index is -0.183. The molecule has 5 nitrogen and oxygen atoms in total. The third kappa shape index (κ3) is 4.31. The normalized spacial score (nSPS) is 15.4. The molecule has 0 bridgehead atoms. The summed E-state index contributed by atoms with van der Waals surface area (Å²) in [6.07, 6.45) is 1.67. The van der Waals surface area contributed by atoms with Crippen molar-refractivity contribution in [2.75, 3.05) is 25.0 Å². The topological polar surface area (TPSA) is 70.2 Å². The van der Waals surface area contributed by atoms with Crippen LogP contribution in [0.5, 0.6) is 0 Å². The number of rotatable bonds is 4. The second kappa shape index (κ2) is 7.40. The average Bonchev–Trinajstić information content (AvgIpc) is 2.49. The summed E-state index contributed by atoms with van der Waals surface area (Å²) >= 11 is 0. The van der Waals surface area contributed by atoms with Crippen molar-refractivity contribution in [1.29, 1.82) is 0 Å².